The monoisotopic (exact) mass is 248 g/mol. The Morgan fingerprint density at radius 2 is 2.31 bits per heavy atom. The number of amidine groups is 1. The number of nitrogens with two attached hydrogens (primary N) is 2. The van der Waals surface area contributed by atoms with Gasteiger partial charge in [-0.05, 0) is 0 Å². The molecule has 0 spiro atoms. The van der Waals surface area contributed by atoms with Gasteiger partial charge < -0.3 is 11.5 Å². The maximum Gasteiger partial charge on any atom is 0.319 e. The summed E-state index contributed by atoms with van der Waals surface area (Å²) >= 11 is 0.913. The molecule has 0 amide bonds. The van der Waals surface area contributed by atoms with E-state index in [1.54, 1.807) is 0 Å². The number of aliphatic imine (C=N–C) groups is 1. The van der Waals surface area contributed by atoms with Gasteiger partial charge in [0, 0.05) is 12.4 Å². The van der Waals surface area contributed by atoms with Crippen LogP contribution in [0.25, 0.3) is 0 Å². The van der Waals surface area contributed by atoms with Gasteiger partial charge in [0.2, 0.25) is 0 Å². The molecular weight excluding hydrogens is 238 g/mol. The van der Waals surface area contributed by atoms with Crippen LogP contribution in [-0.4, -0.2) is 20.7 Å². The van der Waals surface area contributed by atoms with E-state index in [0.717, 1.165) is 16.3 Å². The van der Waals surface area contributed by atoms with Crippen LogP contribution >= 0.6 is 11.8 Å². The zero-order valence-corrected chi connectivity index (χ0v) is 8.92. The van der Waals surface area contributed by atoms with E-state index in [-0.39, 0.29) is 22.7 Å². The number of alkyl halides is 2. The van der Waals surface area contributed by atoms with Crippen LogP contribution in [0.5, 0.6) is 0 Å². The van der Waals surface area contributed by atoms with Crippen LogP contribution in [0, 0.1) is 5.41 Å². The second kappa shape index (κ2) is 5.45. The maximum atomic E-state index is 12.4. The highest BCUT2D eigenvalue weighted by Crippen LogP contribution is 2.17. The molecule has 16 heavy (non-hydrogen) atoms. The lowest BCUT2D eigenvalue weighted by molar-refractivity contribution is 0.0678. The van der Waals surface area contributed by atoms with Crippen molar-refractivity contribution in [2.75, 3.05) is 0 Å². The predicted octanol–water partition coefficient (Wildman–Crippen LogP) is 0.720. The van der Waals surface area contributed by atoms with E-state index in [9.17, 15) is 8.78 Å². The summed E-state index contributed by atoms with van der Waals surface area (Å²) in [6, 6.07) is 0. The largest absolute Gasteiger partial charge is 0.370 e. The average molecular weight is 248 g/mol. The van der Waals surface area contributed by atoms with Crippen molar-refractivity contribution in [3.8, 4) is 0 Å². The molecule has 0 atom stereocenters. The third-order valence-electron chi connectivity index (χ3n) is 1.53. The molecule has 6 nitrogen and oxygen atoms in total. The first-order chi connectivity index (χ1) is 7.50. The lowest BCUT2D eigenvalue weighted by Crippen LogP contribution is -2.23. The van der Waals surface area contributed by atoms with E-state index in [1.807, 2.05) is 0 Å². The Morgan fingerprint density at radius 1 is 1.62 bits per heavy atom. The number of thioether (sulfide) groups is 1. The fourth-order valence-electron chi connectivity index (χ4n) is 0.916. The number of imidazole rings is 1. The molecule has 0 aliphatic carbocycles. The zero-order valence-electron chi connectivity index (χ0n) is 8.10. The van der Waals surface area contributed by atoms with Crippen LogP contribution < -0.4 is 11.5 Å². The molecule has 1 aromatic heterocycles. The fraction of sp³-hybridized carbons (Fsp3) is 0.286. The van der Waals surface area contributed by atoms with Crippen molar-refractivity contribution in [1.82, 2.24) is 9.55 Å². The minimum Gasteiger partial charge on any atom is -0.370 e. The van der Waals surface area contributed by atoms with Gasteiger partial charge in [-0.3, -0.25) is 9.98 Å². The summed E-state index contributed by atoms with van der Waals surface area (Å²) in [7, 11) is 0. The van der Waals surface area contributed by atoms with Gasteiger partial charge in [0.15, 0.2) is 11.1 Å². The molecule has 0 aliphatic rings. The summed E-state index contributed by atoms with van der Waals surface area (Å²) in [5, 5.41) is 7.14. The predicted molar refractivity (Wildman–Crippen MR) is 58.3 cm³/mol. The summed E-state index contributed by atoms with van der Waals surface area (Å²) in [5.74, 6) is 0.0256. The minimum absolute atomic E-state index is 0.104. The van der Waals surface area contributed by atoms with Crippen LogP contribution in [0.2, 0.25) is 0 Å². The molecule has 0 radical (unpaired) electrons. The highest BCUT2D eigenvalue weighted by molar-refractivity contribution is 8.13. The number of nitrogens with one attached hydrogen (secondary N) is 1. The van der Waals surface area contributed by atoms with E-state index < -0.39 is 6.55 Å². The van der Waals surface area contributed by atoms with Gasteiger partial charge in [0.05, 0.1) is 5.75 Å². The lowest BCUT2D eigenvalue weighted by atomic mass is 10.7. The van der Waals surface area contributed by atoms with Gasteiger partial charge in [-0.15, -0.1) is 0 Å². The molecule has 1 rings (SSSR count). The second-order valence-corrected chi connectivity index (χ2v) is 3.62. The van der Waals surface area contributed by atoms with Gasteiger partial charge in [0.1, 0.15) is 5.82 Å². The molecule has 0 aliphatic heterocycles. The van der Waals surface area contributed by atoms with Crippen molar-refractivity contribution in [2.45, 2.75) is 12.3 Å². The van der Waals surface area contributed by atoms with E-state index in [2.05, 4.69) is 9.98 Å². The molecular formula is C7H10F2N6S. The third-order valence-corrected chi connectivity index (χ3v) is 2.30. The Balaban J connectivity index is 2.58. The Kier molecular flexibility index (Phi) is 4.23. The van der Waals surface area contributed by atoms with Crippen molar-refractivity contribution in [3.05, 3.63) is 18.2 Å². The Hall–Kier alpha value is -1.64. The molecule has 88 valence electrons. The van der Waals surface area contributed by atoms with Crippen LogP contribution in [0.1, 0.15) is 12.4 Å². The summed E-state index contributed by atoms with van der Waals surface area (Å²) in [6.45, 7) is -2.64. The molecule has 1 heterocycles. The van der Waals surface area contributed by atoms with Gasteiger partial charge in [-0.2, -0.15) is 13.8 Å². The number of hydrogen-bond acceptors (Lipinski definition) is 3. The SMILES string of the molecule is N=C(N=C(N)N)SCc1nccn1C(F)F. The van der Waals surface area contributed by atoms with Crippen LogP contribution in [0.15, 0.2) is 17.4 Å². The molecule has 0 saturated carbocycles. The first kappa shape index (κ1) is 12.4. The minimum atomic E-state index is -2.64. The topological polar surface area (TPSA) is 106 Å². The number of halogens is 2. The Labute approximate surface area is 94.2 Å². The average Bonchev–Trinajstić information content (AvgIpc) is 2.61. The summed E-state index contributed by atoms with van der Waals surface area (Å²) in [4.78, 5) is 7.19. The quantitative estimate of drug-likeness (QED) is 0.541. The molecule has 9 heteroatoms. The number of hydrogen-bond donors (Lipinski definition) is 3. The molecule has 5 N–H and O–H groups in total. The maximum absolute atomic E-state index is 12.4. The Bertz CT molecular complexity index is 397. The highest BCUT2D eigenvalue weighted by Gasteiger charge is 2.11. The van der Waals surface area contributed by atoms with Crippen LogP contribution in [-0.2, 0) is 5.75 Å². The van der Waals surface area contributed by atoms with E-state index in [0.29, 0.717) is 0 Å². The van der Waals surface area contributed by atoms with Gasteiger partial charge in [0.25, 0.3) is 0 Å². The summed E-state index contributed by atoms with van der Waals surface area (Å²) < 4.78 is 25.5. The molecule has 0 saturated heterocycles. The standard InChI is InChI=1S/C7H10F2N6S/c8-5(9)15-2-1-13-4(15)3-16-7(12)14-6(10)11/h1-2,5H,3H2,(H5,10,11,12,14). The van der Waals surface area contributed by atoms with Gasteiger partial charge in [-0.25, -0.2) is 4.98 Å². The van der Waals surface area contributed by atoms with Crippen molar-refractivity contribution in [3.63, 3.8) is 0 Å². The van der Waals surface area contributed by atoms with Gasteiger partial charge in [-0.1, -0.05) is 11.8 Å². The molecule has 0 fully saturated rings. The smallest absolute Gasteiger partial charge is 0.319 e. The van der Waals surface area contributed by atoms with Crippen LogP contribution in [0.4, 0.5) is 8.78 Å². The first-order valence-corrected chi connectivity index (χ1v) is 5.10. The van der Waals surface area contributed by atoms with Gasteiger partial charge >= 0.3 is 6.55 Å². The van der Waals surface area contributed by atoms with Crippen molar-refractivity contribution in [1.29, 1.82) is 5.41 Å². The Morgan fingerprint density at radius 3 is 2.88 bits per heavy atom. The first-order valence-electron chi connectivity index (χ1n) is 4.11. The molecule has 0 aromatic carbocycles. The summed E-state index contributed by atoms with van der Waals surface area (Å²) in [6.07, 6.45) is 2.44. The number of guanidine groups is 1. The summed E-state index contributed by atoms with van der Waals surface area (Å²) in [5.41, 5.74) is 10.1. The third kappa shape index (κ3) is 3.50. The van der Waals surface area contributed by atoms with E-state index in [4.69, 9.17) is 16.9 Å². The molecule has 0 unspecified atom stereocenters. The second-order valence-electron chi connectivity index (χ2n) is 2.66. The normalized spacial score (nSPS) is 10.4. The molecule has 0 bridgehead atoms. The number of aromatic nitrogens is 2. The van der Waals surface area contributed by atoms with E-state index in [1.165, 1.54) is 12.4 Å². The number of rotatable bonds is 3. The van der Waals surface area contributed by atoms with Crippen molar-refractivity contribution >= 4 is 22.9 Å². The lowest BCUT2D eigenvalue weighted by Gasteiger charge is -2.04. The highest BCUT2D eigenvalue weighted by atomic mass is 32.2. The fourth-order valence-corrected chi connectivity index (χ4v) is 1.58. The van der Waals surface area contributed by atoms with Crippen molar-refractivity contribution in [2.24, 2.45) is 16.5 Å². The zero-order chi connectivity index (χ0) is 12.1. The van der Waals surface area contributed by atoms with Crippen LogP contribution in [0.3, 0.4) is 0 Å². The van der Waals surface area contributed by atoms with Crippen molar-refractivity contribution < 1.29 is 8.78 Å². The number of nitrogens with zero attached hydrogens (tertiary/aromatic N) is 3. The molecule has 1 aromatic rings. The van der Waals surface area contributed by atoms with E-state index >= 15 is 0 Å².